The Morgan fingerprint density at radius 2 is 1.86 bits per heavy atom. The Morgan fingerprint density at radius 1 is 1.10 bits per heavy atom. The zero-order chi connectivity index (χ0) is 14.8. The van der Waals surface area contributed by atoms with E-state index in [0.29, 0.717) is 17.3 Å². The molecule has 106 valence electrons. The molecular weight excluding hydrogens is 286 g/mol. The van der Waals surface area contributed by atoms with E-state index in [9.17, 15) is 9.90 Å². The average Bonchev–Trinajstić information content (AvgIpc) is 2.84. The van der Waals surface area contributed by atoms with E-state index in [-0.39, 0.29) is 0 Å². The van der Waals surface area contributed by atoms with Gasteiger partial charge in [-0.3, -0.25) is 0 Å². The largest absolute Gasteiger partial charge is 0.477 e. The van der Waals surface area contributed by atoms with Crippen LogP contribution in [-0.2, 0) is 13.0 Å². The van der Waals surface area contributed by atoms with Crippen LogP contribution in [-0.4, -0.2) is 15.6 Å². The van der Waals surface area contributed by atoms with Gasteiger partial charge in [-0.1, -0.05) is 41.9 Å². The summed E-state index contributed by atoms with van der Waals surface area (Å²) in [7, 11) is 0. The average molecular weight is 300 g/mol. The van der Waals surface area contributed by atoms with Crippen molar-refractivity contribution in [1.82, 2.24) is 4.57 Å². The van der Waals surface area contributed by atoms with Crippen LogP contribution in [0.25, 0.3) is 10.9 Å². The van der Waals surface area contributed by atoms with Crippen LogP contribution in [0.15, 0.2) is 54.6 Å². The standard InChI is InChI=1S/C17H14ClNO2/c18-14-6-7-15-13(10-14)11-16(17(20)21)19(15)9-8-12-4-2-1-3-5-12/h1-7,10-11H,8-9H2,(H,20,21). The normalized spacial score (nSPS) is 10.9. The highest BCUT2D eigenvalue weighted by atomic mass is 35.5. The minimum atomic E-state index is -0.921. The van der Waals surface area contributed by atoms with Gasteiger partial charge in [-0.05, 0) is 36.2 Å². The first-order chi connectivity index (χ1) is 10.1. The van der Waals surface area contributed by atoms with E-state index in [1.54, 1.807) is 18.2 Å². The van der Waals surface area contributed by atoms with Crippen LogP contribution in [0.3, 0.4) is 0 Å². The number of rotatable bonds is 4. The van der Waals surface area contributed by atoms with Crippen LogP contribution < -0.4 is 0 Å². The lowest BCUT2D eigenvalue weighted by Gasteiger charge is -2.08. The summed E-state index contributed by atoms with van der Waals surface area (Å²) in [5, 5.41) is 10.8. The van der Waals surface area contributed by atoms with Crippen LogP contribution >= 0.6 is 11.6 Å². The minimum absolute atomic E-state index is 0.295. The Kier molecular flexibility index (Phi) is 3.67. The molecule has 3 aromatic rings. The van der Waals surface area contributed by atoms with Gasteiger partial charge in [0, 0.05) is 22.5 Å². The molecule has 21 heavy (non-hydrogen) atoms. The lowest BCUT2D eigenvalue weighted by molar-refractivity contribution is 0.0685. The summed E-state index contributed by atoms with van der Waals surface area (Å²) < 4.78 is 1.83. The molecule has 0 unspecified atom stereocenters. The van der Waals surface area contributed by atoms with Crippen molar-refractivity contribution in [2.24, 2.45) is 0 Å². The van der Waals surface area contributed by atoms with E-state index in [2.05, 4.69) is 0 Å². The molecule has 1 aromatic heterocycles. The fraction of sp³-hybridized carbons (Fsp3) is 0.118. The quantitative estimate of drug-likeness (QED) is 0.783. The number of fused-ring (bicyclic) bond motifs is 1. The highest BCUT2D eigenvalue weighted by Gasteiger charge is 2.14. The van der Waals surface area contributed by atoms with Gasteiger partial charge in [0.05, 0.1) is 0 Å². The minimum Gasteiger partial charge on any atom is -0.477 e. The van der Waals surface area contributed by atoms with E-state index in [0.717, 1.165) is 17.3 Å². The zero-order valence-corrected chi connectivity index (χ0v) is 12.0. The molecule has 0 aliphatic heterocycles. The summed E-state index contributed by atoms with van der Waals surface area (Å²) in [5.74, 6) is -0.921. The molecule has 0 saturated heterocycles. The fourth-order valence-electron chi connectivity index (χ4n) is 2.55. The Hall–Kier alpha value is -2.26. The molecule has 0 radical (unpaired) electrons. The van der Waals surface area contributed by atoms with Crippen molar-refractivity contribution >= 4 is 28.5 Å². The lowest BCUT2D eigenvalue weighted by atomic mass is 10.1. The molecule has 0 spiro atoms. The molecule has 4 heteroatoms. The molecule has 0 fully saturated rings. The molecule has 1 heterocycles. The van der Waals surface area contributed by atoms with Crippen molar-refractivity contribution in [2.45, 2.75) is 13.0 Å². The number of hydrogen-bond donors (Lipinski definition) is 1. The van der Waals surface area contributed by atoms with E-state index in [1.165, 1.54) is 5.56 Å². The zero-order valence-electron chi connectivity index (χ0n) is 11.3. The molecule has 3 rings (SSSR count). The van der Waals surface area contributed by atoms with E-state index in [4.69, 9.17) is 11.6 Å². The van der Waals surface area contributed by atoms with Gasteiger partial charge in [-0.25, -0.2) is 4.79 Å². The monoisotopic (exact) mass is 299 g/mol. The van der Waals surface area contributed by atoms with Crippen molar-refractivity contribution in [1.29, 1.82) is 0 Å². The Balaban J connectivity index is 1.99. The third-order valence-electron chi connectivity index (χ3n) is 3.55. The summed E-state index contributed by atoms with van der Waals surface area (Å²) in [6.07, 6.45) is 0.785. The van der Waals surface area contributed by atoms with E-state index in [1.807, 2.05) is 41.0 Å². The molecule has 0 saturated carbocycles. The van der Waals surface area contributed by atoms with Crippen LogP contribution in [0.1, 0.15) is 16.1 Å². The smallest absolute Gasteiger partial charge is 0.352 e. The second kappa shape index (κ2) is 5.62. The number of nitrogens with zero attached hydrogens (tertiary/aromatic N) is 1. The van der Waals surface area contributed by atoms with Gasteiger partial charge in [0.25, 0.3) is 0 Å². The summed E-state index contributed by atoms with van der Waals surface area (Å²) >= 11 is 5.98. The van der Waals surface area contributed by atoms with Crippen molar-refractivity contribution in [2.75, 3.05) is 0 Å². The van der Waals surface area contributed by atoms with Crippen molar-refractivity contribution < 1.29 is 9.90 Å². The number of aromatic carboxylic acids is 1. The molecule has 0 atom stereocenters. The van der Waals surface area contributed by atoms with Crippen molar-refractivity contribution in [3.63, 3.8) is 0 Å². The van der Waals surface area contributed by atoms with Gasteiger partial charge in [0.1, 0.15) is 5.69 Å². The number of carboxylic acids is 1. The van der Waals surface area contributed by atoms with Crippen LogP contribution in [0, 0.1) is 0 Å². The summed E-state index contributed by atoms with van der Waals surface area (Å²) in [4.78, 5) is 11.4. The molecule has 3 nitrogen and oxygen atoms in total. The van der Waals surface area contributed by atoms with Gasteiger partial charge < -0.3 is 9.67 Å². The second-order valence-electron chi connectivity index (χ2n) is 4.93. The first-order valence-electron chi connectivity index (χ1n) is 6.71. The maximum absolute atomic E-state index is 11.4. The second-order valence-corrected chi connectivity index (χ2v) is 5.36. The number of aryl methyl sites for hydroxylation is 2. The van der Waals surface area contributed by atoms with Crippen LogP contribution in [0.2, 0.25) is 5.02 Å². The van der Waals surface area contributed by atoms with Crippen molar-refractivity contribution in [3.05, 3.63) is 70.9 Å². The maximum Gasteiger partial charge on any atom is 0.352 e. The summed E-state index contributed by atoms with van der Waals surface area (Å²) in [6, 6.07) is 17.2. The number of aromatic nitrogens is 1. The first kappa shape index (κ1) is 13.7. The van der Waals surface area contributed by atoms with Crippen LogP contribution in [0.4, 0.5) is 0 Å². The summed E-state index contributed by atoms with van der Waals surface area (Å²) in [5.41, 5.74) is 2.38. The predicted octanol–water partition coefficient (Wildman–Crippen LogP) is 4.24. The SMILES string of the molecule is O=C(O)c1cc2cc(Cl)ccc2n1CCc1ccccc1. The highest BCUT2D eigenvalue weighted by Crippen LogP contribution is 2.24. The van der Waals surface area contributed by atoms with E-state index < -0.39 is 5.97 Å². The topological polar surface area (TPSA) is 42.2 Å². The number of halogens is 1. The molecule has 1 N–H and O–H groups in total. The Bertz CT molecular complexity index is 793. The highest BCUT2D eigenvalue weighted by molar-refractivity contribution is 6.31. The number of carbonyl (C=O) groups is 1. The van der Waals surface area contributed by atoms with Gasteiger partial charge in [0.15, 0.2) is 0 Å². The predicted molar refractivity (Wildman–Crippen MR) is 84.1 cm³/mol. The molecule has 0 bridgehead atoms. The van der Waals surface area contributed by atoms with Gasteiger partial charge >= 0.3 is 5.97 Å². The Labute approximate surface area is 127 Å². The third kappa shape index (κ3) is 2.78. The molecule has 0 aliphatic rings. The van der Waals surface area contributed by atoms with Crippen LogP contribution in [0.5, 0.6) is 0 Å². The maximum atomic E-state index is 11.4. The fourth-order valence-corrected chi connectivity index (χ4v) is 2.73. The van der Waals surface area contributed by atoms with Gasteiger partial charge in [0.2, 0.25) is 0 Å². The third-order valence-corrected chi connectivity index (χ3v) is 3.78. The molecular formula is C17H14ClNO2. The number of benzene rings is 2. The van der Waals surface area contributed by atoms with E-state index >= 15 is 0 Å². The molecule has 0 aliphatic carbocycles. The lowest BCUT2D eigenvalue weighted by Crippen LogP contribution is -2.10. The molecule has 0 amide bonds. The summed E-state index contributed by atoms with van der Waals surface area (Å²) in [6.45, 7) is 0.622. The number of hydrogen-bond acceptors (Lipinski definition) is 1. The Morgan fingerprint density at radius 3 is 2.57 bits per heavy atom. The van der Waals surface area contributed by atoms with Crippen molar-refractivity contribution in [3.8, 4) is 0 Å². The van der Waals surface area contributed by atoms with Gasteiger partial charge in [-0.15, -0.1) is 0 Å². The first-order valence-corrected chi connectivity index (χ1v) is 7.09. The number of carboxylic acid groups (broad SMARTS) is 1. The van der Waals surface area contributed by atoms with Gasteiger partial charge in [-0.2, -0.15) is 0 Å². The molecule has 2 aromatic carbocycles.